The van der Waals surface area contributed by atoms with E-state index < -0.39 is 17.7 Å². The lowest BCUT2D eigenvalue weighted by Crippen LogP contribution is -2.47. The van der Waals surface area contributed by atoms with Crippen LogP contribution in [-0.4, -0.2) is 57.2 Å². The Kier molecular flexibility index (Phi) is 5.23. The van der Waals surface area contributed by atoms with Crippen LogP contribution in [0.15, 0.2) is 30.6 Å². The van der Waals surface area contributed by atoms with Gasteiger partial charge in [0.15, 0.2) is 11.6 Å². The predicted molar refractivity (Wildman–Crippen MR) is 86.2 cm³/mol. The minimum atomic E-state index is -0.925. The summed E-state index contributed by atoms with van der Waals surface area (Å²) in [6.07, 6.45) is 2.91. The fraction of sp³-hybridized carbons (Fsp3) is 0.471. The highest BCUT2D eigenvalue weighted by Gasteiger charge is 2.21. The number of nitrogens with zero attached hydrogens (tertiary/aromatic N) is 4. The van der Waals surface area contributed by atoms with Gasteiger partial charge in [0.05, 0.1) is 12.6 Å². The van der Waals surface area contributed by atoms with Gasteiger partial charge in [-0.25, -0.2) is 13.8 Å². The largest absolute Gasteiger partial charge is 0.387 e. The zero-order valence-corrected chi connectivity index (χ0v) is 13.7. The maximum absolute atomic E-state index is 13.3. The average molecular weight is 336 g/mol. The number of aliphatic hydroxyl groups excluding tert-OH is 1. The van der Waals surface area contributed by atoms with E-state index in [-0.39, 0.29) is 0 Å². The summed E-state index contributed by atoms with van der Waals surface area (Å²) in [6.45, 7) is 4.65. The van der Waals surface area contributed by atoms with Gasteiger partial charge in [-0.2, -0.15) is 0 Å². The Morgan fingerprint density at radius 2 is 1.83 bits per heavy atom. The topological polar surface area (TPSA) is 44.5 Å². The van der Waals surface area contributed by atoms with E-state index in [9.17, 15) is 13.9 Å². The number of imidazole rings is 1. The fourth-order valence-electron chi connectivity index (χ4n) is 2.95. The van der Waals surface area contributed by atoms with Crippen molar-refractivity contribution in [2.24, 2.45) is 7.05 Å². The predicted octanol–water partition coefficient (Wildman–Crippen LogP) is 1.55. The molecular formula is C17H22F2N4O. The van der Waals surface area contributed by atoms with Gasteiger partial charge in [0.1, 0.15) is 5.82 Å². The molecule has 1 aromatic carbocycles. The standard InChI is InChI=1S/C17H22F2N4O/c1-21-5-4-20-17(21)12-23-8-6-22(7-9-23)11-16(24)13-2-3-14(18)15(19)10-13/h2-5,10,16,24H,6-9,11-12H2,1H3. The second-order valence-corrected chi connectivity index (χ2v) is 6.22. The van der Waals surface area contributed by atoms with Gasteiger partial charge in [-0.3, -0.25) is 9.80 Å². The van der Waals surface area contributed by atoms with Gasteiger partial charge in [-0.1, -0.05) is 6.07 Å². The van der Waals surface area contributed by atoms with E-state index in [1.54, 1.807) is 6.20 Å². The number of benzene rings is 1. The normalized spacial score (nSPS) is 18.0. The summed E-state index contributed by atoms with van der Waals surface area (Å²) in [5, 5.41) is 10.2. The number of aliphatic hydroxyl groups is 1. The molecule has 1 aromatic heterocycles. The van der Waals surface area contributed by atoms with Gasteiger partial charge in [-0.05, 0) is 17.7 Å². The van der Waals surface area contributed by atoms with Crippen LogP contribution in [0.3, 0.4) is 0 Å². The van der Waals surface area contributed by atoms with Crippen molar-refractivity contribution >= 4 is 0 Å². The van der Waals surface area contributed by atoms with Gasteiger partial charge in [0.2, 0.25) is 0 Å². The van der Waals surface area contributed by atoms with Crippen LogP contribution < -0.4 is 0 Å². The van der Waals surface area contributed by atoms with E-state index in [4.69, 9.17) is 0 Å². The Morgan fingerprint density at radius 3 is 2.46 bits per heavy atom. The number of β-amino-alcohol motifs (C(OH)–C–C–N with tert-alkyl or cyclic N) is 1. The highest BCUT2D eigenvalue weighted by atomic mass is 19.2. The molecule has 1 aliphatic heterocycles. The molecule has 0 aliphatic carbocycles. The first kappa shape index (κ1) is 17.0. The van der Waals surface area contributed by atoms with Crippen LogP contribution >= 0.6 is 0 Å². The molecule has 1 saturated heterocycles. The summed E-state index contributed by atoms with van der Waals surface area (Å²) in [6, 6.07) is 3.55. The lowest BCUT2D eigenvalue weighted by atomic mass is 10.1. The summed E-state index contributed by atoms with van der Waals surface area (Å²) in [5.41, 5.74) is 0.407. The number of hydrogen-bond acceptors (Lipinski definition) is 4. The molecule has 1 atom stereocenters. The van der Waals surface area contributed by atoms with Gasteiger partial charge < -0.3 is 9.67 Å². The molecular weight excluding hydrogens is 314 g/mol. The molecule has 5 nitrogen and oxygen atoms in total. The third-order valence-electron chi connectivity index (χ3n) is 4.51. The van der Waals surface area contributed by atoms with E-state index in [0.29, 0.717) is 12.1 Å². The molecule has 0 amide bonds. The minimum absolute atomic E-state index is 0.407. The van der Waals surface area contributed by atoms with Gasteiger partial charge in [-0.15, -0.1) is 0 Å². The van der Waals surface area contributed by atoms with Gasteiger partial charge in [0, 0.05) is 52.2 Å². The van der Waals surface area contributed by atoms with E-state index in [2.05, 4.69) is 14.8 Å². The summed E-state index contributed by atoms with van der Waals surface area (Å²) in [7, 11) is 1.98. The first-order valence-corrected chi connectivity index (χ1v) is 8.07. The Bertz CT molecular complexity index is 683. The molecule has 1 aliphatic rings. The summed E-state index contributed by atoms with van der Waals surface area (Å²) < 4.78 is 28.2. The SMILES string of the molecule is Cn1ccnc1CN1CCN(CC(O)c2ccc(F)c(F)c2)CC1. The van der Waals surface area contributed by atoms with Crippen LogP contribution in [0.1, 0.15) is 17.5 Å². The Hall–Kier alpha value is -1.83. The molecule has 0 radical (unpaired) electrons. The number of hydrogen-bond donors (Lipinski definition) is 1. The monoisotopic (exact) mass is 336 g/mol. The molecule has 1 N–H and O–H groups in total. The zero-order valence-electron chi connectivity index (χ0n) is 13.7. The van der Waals surface area contributed by atoms with Crippen molar-refractivity contribution in [3.05, 3.63) is 53.6 Å². The third kappa shape index (κ3) is 3.98. The summed E-state index contributed by atoms with van der Waals surface area (Å²) in [5.74, 6) is -0.787. The van der Waals surface area contributed by atoms with E-state index in [1.165, 1.54) is 6.07 Å². The van der Waals surface area contributed by atoms with Crippen molar-refractivity contribution in [3.63, 3.8) is 0 Å². The number of piperazine rings is 1. The molecule has 130 valence electrons. The van der Waals surface area contributed by atoms with Gasteiger partial charge in [0.25, 0.3) is 0 Å². The second kappa shape index (κ2) is 7.38. The van der Waals surface area contributed by atoms with Crippen LogP contribution in [-0.2, 0) is 13.6 Å². The molecule has 1 fully saturated rings. The number of rotatable bonds is 5. The molecule has 1 unspecified atom stereocenters. The van der Waals surface area contributed by atoms with Gasteiger partial charge >= 0.3 is 0 Å². The van der Waals surface area contributed by atoms with E-state index in [1.807, 2.05) is 17.8 Å². The highest BCUT2D eigenvalue weighted by Crippen LogP contribution is 2.18. The Morgan fingerprint density at radius 1 is 1.12 bits per heavy atom. The Labute approximate surface area is 140 Å². The Balaban J connectivity index is 1.49. The molecule has 24 heavy (non-hydrogen) atoms. The molecule has 0 bridgehead atoms. The van der Waals surface area contributed by atoms with Crippen molar-refractivity contribution in [2.75, 3.05) is 32.7 Å². The van der Waals surface area contributed by atoms with Crippen LogP contribution in [0, 0.1) is 11.6 Å². The molecule has 0 saturated carbocycles. The van der Waals surface area contributed by atoms with Crippen LogP contribution in [0.25, 0.3) is 0 Å². The number of aromatic nitrogens is 2. The van der Waals surface area contributed by atoms with Crippen LogP contribution in [0.4, 0.5) is 8.78 Å². The van der Waals surface area contributed by atoms with Crippen LogP contribution in [0.5, 0.6) is 0 Å². The fourth-order valence-corrected chi connectivity index (χ4v) is 2.95. The smallest absolute Gasteiger partial charge is 0.159 e. The molecule has 2 heterocycles. The lowest BCUT2D eigenvalue weighted by Gasteiger charge is -2.35. The zero-order chi connectivity index (χ0) is 17.1. The quantitative estimate of drug-likeness (QED) is 0.900. The summed E-state index contributed by atoms with van der Waals surface area (Å²) >= 11 is 0. The van der Waals surface area contributed by atoms with Crippen molar-refractivity contribution in [3.8, 4) is 0 Å². The third-order valence-corrected chi connectivity index (χ3v) is 4.51. The van der Waals surface area contributed by atoms with Crippen molar-refractivity contribution in [1.82, 2.24) is 19.4 Å². The molecule has 3 rings (SSSR count). The minimum Gasteiger partial charge on any atom is -0.387 e. The first-order chi connectivity index (χ1) is 11.5. The summed E-state index contributed by atoms with van der Waals surface area (Å²) in [4.78, 5) is 8.80. The molecule has 0 spiro atoms. The van der Waals surface area contributed by atoms with Crippen LogP contribution in [0.2, 0.25) is 0 Å². The maximum Gasteiger partial charge on any atom is 0.159 e. The van der Waals surface area contributed by atoms with E-state index in [0.717, 1.165) is 50.7 Å². The van der Waals surface area contributed by atoms with Crippen molar-refractivity contribution < 1.29 is 13.9 Å². The number of aryl methyl sites for hydroxylation is 1. The molecule has 7 heteroatoms. The maximum atomic E-state index is 13.3. The second-order valence-electron chi connectivity index (χ2n) is 6.22. The lowest BCUT2D eigenvalue weighted by molar-refractivity contribution is 0.0688. The van der Waals surface area contributed by atoms with Crippen molar-refractivity contribution in [2.45, 2.75) is 12.6 Å². The molecule has 2 aromatic rings. The van der Waals surface area contributed by atoms with Crippen molar-refractivity contribution in [1.29, 1.82) is 0 Å². The first-order valence-electron chi connectivity index (χ1n) is 8.07. The number of halogens is 2. The van der Waals surface area contributed by atoms with E-state index >= 15 is 0 Å². The average Bonchev–Trinajstić information content (AvgIpc) is 2.97. The highest BCUT2D eigenvalue weighted by molar-refractivity contribution is 5.20.